The number of amides is 1. The maximum Gasteiger partial charge on any atom is 0.241 e. The summed E-state index contributed by atoms with van der Waals surface area (Å²) in [5, 5.41) is 6.05. The lowest BCUT2D eigenvalue weighted by Gasteiger charge is -2.24. The molecule has 2 rings (SSSR count). The first-order valence-corrected chi connectivity index (χ1v) is 5.40. The van der Waals surface area contributed by atoms with Crippen molar-refractivity contribution in [2.75, 3.05) is 20.2 Å². The molecule has 0 spiro atoms. The lowest BCUT2D eigenvalue weighted by molar-refractivity contribution is -0.124. The third-order valence-electron chi connectivity index (χ3n) is 2.63. The summed E-state index contributed by atoms with van der Waals surface area (Å²) in [7, 11) is 1.66. The van der Waals surface area contributed by atoms with E-state index in [0.29, 0.717) is 13.2 Å². The highest BCUT2D eigenvalue weighted by Crippen LogP contribution is 2.16. The molecule has 16 heavy (non-hydrogen) atoms. The highest BCUT2D eigenvalue weighted by atomic mass is 16.5. The Morgan fingerprint density at radius 2 is 2.31 bits per heavy atom. The topological polar surface area (TPSA) is 50.4 Å². The number of piperazine rings is 1. The molecule has 0 aliphatic carbocycles. The highest BCUT2D eigenvalue weighted by molar-refractivity contribution is 5.83. The van der Waals surface area contributed by atoms with Crippen LogP contribution >= 0.6 is 0 Å². The van der Waals surface area contributed by atoms with Crippen LogP contribution in [0.25, 0.3) is 0 Å². The van der Waals surface area contributed by atoms with E-state index in [2.05, 4.69) is 10.6 Å². The Morgan fingerprint density at radius 3 is 3.06 bits per heavy atom. The number of ether oxygens (including phenoxy) is 1. The molecule has 1 aliphatic rings. The van der Waals surface area contributed by atoms with Crippen molar-refractivity contribution in [3.05, 3.63) is 35.4 Å². The fourth-order valence-electron chi connectivity index (χ4n) is 1.90. The van der Waals surface area contributed by atoms with E-state index < -0.39 is 0 Å². The molecule has 1 unspecified atom stereocenters. The zero-order valence-corrected chi connectivity index (χ0v) is 9.32. The van der Waals surface area contributed by atoms with E-state index in [1.54, 1.807) is 7.11 Å². The third-order valence-corrected chi connectivity index (χ3v) is 2.63. The summed E-state index contributed by atoms with van der Waals surface area (Å²) < 4.78 is 5.08. The molecule has 1 aromatic rings. The minimum Gasteiger partial charge on any atom is -0.380 e. The van der Waals surface area contributed by atoms with Crippen molar-refractivity contribution < 1.29 is 9.53 Å². The summed E-state index contributed by atoms with van der Waals surface area (Å²) in [6.07, 6.45) is 0. The SMILES string of the molecule is COCc1cccc(C2NCCNC2=O)c1. The Kier molecular flexibility index (Phi) is 3.54. The number of carbonyl (C=O) groups is 1. The minimum atomic E-state index is -0.231. The Hall–Kier alpha value is -1.39. The molecule has 1 fully saturated rings. The van der Waals surface area contributed by atoms with Crippen molar-refractivity contribution >= 4 is 5.91 Å². The number of carbonyl (C=O) groups excluding carboxylic acids is 1. The van der Waals surface area contributed by atoms with Gasteiger partial charge in [-0.1, -0.05) is 24.3 Å². The van der Waals surface area contributed by atoms with Crippen LogP contribution in [0, 0.1) is 0 Å². The number of hydrogen-bond donors (Lipinski definition) is 2. The second-order valence-electron chi connectivity index (χ2n) is 3.86. The molecule has 1 saturated heterocycles. The van der Waals surface area contributed by atoms with E-state index in [1.807, 2.05) is 24.3 Å². The van der Waals surface area contributed by atoms with Gasteiger partial charge in [-0.15, -0.1) is 0 Å². The maximum absolute atomic E-state index is 11.7. The standard InChI is InChI=1S/C12H16N2O2/c1-16-8-9-3-2-4-10(7-9)11-12(15)14-6-5-13-11/h2-4,7,11,13H,5-6,8H2,1H3,(H,14,15). The average Bonchev–Trinajstić information content (AvgIpc) is 2.30. The van der Waals surface area contributed by atoms with Crippen LogP contribution in [0.2, 0.25) is 0 Å². The van der Waals surface area contributed by atoms with Crippen molar-refractivity contribution in [3.63, 3.8) is 0 Å². The zero-order valence-electron chi connectivity index (χ0n) is 9.32. The molecular weight excluding hydrogens is 204 g/mol. The van der Waals surface area contributed by atoms with Gasteiger partial charge >= 0.3 is 0 Å². The first-order valence-electron chi connectivity index (χ1n) is 5.40. The van der Waals surface area contributed by atoms with E-state index in [0.717, 1.165) is 17.7 Å². The smallest absolute Gasteiger partial charge is 0.241 e. The van der Waals surface area contributed by atoms with E-state index >= 15 is 0 Å². The highest BCUT2D eigenvalue weighted by Gasteiger charge is 2.22. The fraction of sp³-hybridized carbons (Fsp3) is 0.417. The Bertz CT molecular complexity index is 379. The van der Waals surface area contributed by atoms with Gasteiger partial charge in [0.05, 0.1) is 6.61 Å². The lowest BCUT2D eigenvalue weighted by Crippen LogP contribution is -2.47. The van der Waals surface area contributed by atoms with Crippen LogP contribution in [0.5, 0.6) is 0 Å². The van der Waals surface area contributed by atoms with Gasteiger partial charge in [0.2, 0.25) is 5.91 Å². The van der Waals surface area contributed by atoms with Crippen molar-refractivity contribution in [2.24, 2.45) is 0 Å². The zero-order chi connectivity index (χ0) is 11.4. The molecule has 0 aromatic heterocycles. The predicted octanol–water partition coefficient (Wildman–Crippen LogP) is 0.593. The van der Waals surface area contributed by atoms with Crippen LogP contribution in [0.3, 0.4) is 0 Å². The molecule has 0 bridgehead atoms. The van der Waals surface area contributed by atoms with Crippen LogP contribution < -0.4 is 10.6 Å². The number of hydrogen-bond acceptors (Lipinski definition) is 3. The second kappa shape index (κ2) is 5.09. The number of nitrogens with one attached hydrogen (secondary N) is 2. The summed E-state index contributed by atoms with van der Waals surface area (Å²) in [4.78, 5) is 11.7. The van der Waals surface area contributed by atoms with Crippen molar-refractivity contribution in [1.29, 1.82) is 0 Å². The molecule has 86 valence electrons. The van der Waals surface area contributed by atoms with Gasteiger partial charge < -0.3 is 15.4 Å². The van der Waals surface area contributed by atoms with Crippen LogP contribution in [0.1, 0.15) is 17.2 Å². The molecule has 0 radical (unpaired) electrons. The molecule has 1 aliphatic heterocycles. The van der Waals surface area contributed by atoms with Gasteiger partial charge in [-0.3, -0.25) is 4.79 Å². The molecule has 4 heteroatoms. The van der Waals surface area contributed by atoms with Gasteiger partial charge in [0, 0.05) is 20.2 Å². The third kappa shape index (κ3) is 2.40. The molecule has 2 N–H and O–H groups in total. The summed E-state index contributed by atoms with van der Waals surface area (Å²) in [5.74, 6) is 0.0424. The Labute approximate surface area is 95.0 Å². The Balaban J connectivity index is 2.18. The Morgan fingerprint density at radius 1 is 1.44 bits per heavy atom. The molecule has 0 saturated carbocycles. The second-order valence-corrected chi connectivity index (χ2v) is 3.86. The lowest BCUT2D eigenvalue weighted by atomic mass is 10.0. The molecule has 1 atom stereocenters. The fourth-order valence-corrected chi connectivity index (χ4v) is 1.90. The molecular formula is C12H16N2O2. The van der Waals surface area contributed by atoms with Crippen LogP contribution in [0.4, 0.5) is 0 Å². The maximum atomic E-state index is 11.7. The minimum absolute atomic E-state index is 0.0424. The molecule has 4 nitrogen and oxygen atoms in total. The number of methoxy groups -OCH3 is 1. The van der Waals surface area contributed by atoms with E-state index in [9.17, 15) is 4.79 Å². The summed E-state index contributed by atoms with van der Waals surface area (Å²) in [6.45, 7) is 2.08. The number of benzene rings is 1. The first kappa shape index (κ1) is 11.1. The summed E-state index contributed by atoms with van der Waals surface area (Å²) >= 11 is 0. The van der Waals surface area contributed by atoms with E-state index in [-0.39, 0.29) is 11.9 Å². The van der Waals surface area contributed by atoms with E-state index in [1.165, 1.54) is 0 Å². The van der Waals surface area contributed by atoms with Crippen molar-refractivity contribution in [3.8, 4) is 0 Å². The van der Waals surface area contributed by atoms with Crippen LogP contribution in [0.15, 0.2) is 24.3 Å². The van der Waals surface area contributed by atoms with Gasteiger partial charge in [0.1, 0.15) is 6.04 Å². The average molecular weight is 220 g/mol. The summed E-state index contributed by atoms with van der Waals surface area (Å²) in [6, 6.07) is 7.68. The van der Waals surface area contributed by atoms with Crippen molar-refractivity contribution in [1.82, 2.24) is 10.6 Å². The van der Waals surface area contributed by atoms with Crippen molar-refractivity contribution in [2.45, 2.75) is 12.6 Å². The molecule has 1 heterocycles. The van der Waals surface area contributed by atoms with Gasteiger partial charge in [-0.05, 0) is 11.1 Å². The molecule has 1 aromatic carbocycles. The predicted molar refractivity (Wildman–Crippen MR) is 60.9 cm³/mol. The normalized spacial score (nSPS) is 20.6. The van der Waals surface area contributed by atoms with Gasteiger partial charge in [0.15, 0.2) is 0 Å². The van der Waals surface area contributed by atoms with Gasteiger partial charge in [-0.2, -0.15) is 0 Å². The quantitative estimate of drug-likeness (QED) is 0.784. The number of rotatable bonds is 3. The van der Waals surface area contributed by atoms with Crippen LogP contribution in [-0.2, 0) is 16.1 Å². The monoisotopic (exact) mass is 220 g/mol. The van der Waals surface area contributed by atoms with E-state index in [4.69, 9.17) is 4.74 Å². The van der Waals surface area contributed by atoms with Gasteiger partial charge in [-0.25, -0.2) is 0 Å². The van der Waals surface area contributed by atoms with Crippen LogP contribution in [-0.4, -0.2) is 26.1 Å². The summed E-state index contributed by atoms with van der Waals surface area (Å²) in [5.41, 5.74) is 2.08. The molecule has 1 amide bonds. The largest absolute Gasteiger partial charge is 0.380 e. The van der Waals surface area contributed by atoms with Gasteiger partial charge in [0.25, 0.3) is 0 Å². The first-order chi connectivity index (χ1) is 7.81.